The van der Waals surface area contributed by atoms with Gasteiger partial charge >= 0.3 is 0 Å². The number of nitrogens with zero attached hydrogens (tertiary/aromatic N) is 2. The van der Waals surface area contributed by atoms with Crippen LogP contribution >= 0.6 is 11.5 Å². The van der Waals surface area contributed by atoms with Gasteiger partial charge in [-0.1, -0.05) is 0 Å². The fourth-order valence-electron chi connectivity index (χ4n) is 1.96. The van der Waals surface area contributed by atoms with Crippen LogP contribution in [0.4, 0.5) is 11.1 Å². The molecule has 1 saturated heterocycles. The van der Waals surface area contributed by atoms with Crippen LogP contribution in [0.25, 0.3) is 0 Å². The quantitative estimate of drug-likeness (QED) is 0.439. The molecule has 0 bridgehead atoms. The fraction of sp³-hybridized carbons (Fsp3) is 0.800. The van der Waals surface area contributed by atoms with Crippen LogP contribution in [0, 0.1) is 0 Å². The molecule has 1 fully saturated rings. The molecule has 114 valence electrons. The molecule has 0 saturated carbocycles. The molecule has 9 nitrogen and oxygen atoms in total. The lowest BCUT2D eigenvalue weighted by Gasteiger charge is -2.41. The van der Waals surface area contributed by atoms with Crippen molar-refractivity contribution in [1.29, 1.82) is 0 Å². The lowest BCUT2D eigenvalue weighted by Crippen LogP contribution is -2.61. The van der Waals surface area contributed by atoms with E-state index < -0.39 is 37.3 Å². The Bertz CT molecular complexity index is 432. The van der Waals surface area contributed by atoms with Crippen molar-refractivity contribution in [2.24, 2.45) is 0 Å². The summed E-state index contributed by atoms with van der Waals surface area (Å²) >= 11 is 1.10. The second-order valence-corrected chi connectivity index (χ2v) is 5.04. The van der Waals surface area contributed by atoms with Crippen LogP contribution in [0.2, 0.25) is 0 Å². The third-order valence-electron chi connectivity index (χ3n) is 3.05. The summed E-state index contributed by atoms with van der Waals surface area (Å²) in [7, 11) is 3.11. The molecule has 5 N–H and O–H groups in total. The van der Waals surface area contributed by atoms with E-state index >= 15 is 0 Å². The summed E-state index contributed by atoms with van der Waals surface area (Å²) in [5.74, 6) is 0.450. The number of hydrogen-bond acceptors (Lipinski definition) is 10. The molecule has 2 heterocycles. The maximum Gasteiger partial charge on any atom is 0.236 e. The van der Waals surface area contributed by atoms with Crippen LogP contribution in [0.1, 0.15) is 0 Å². The summed E-state index contributed by atoms with van der Waals surface area (Å²) in [4.78, 5) is 4.12. The van der Waals surface area contributed by atoms with Crippen molar-refractivity contribution in [3.63, 3.8) is 0 Å². The largest absolute Gasteiger partial charge is 0.394 e. The second kappa shape index (κ2) is 6.61. The maximum absolute atomic E-state index is 10.1. The van der Waals surface area contributed by atoms with Crippen molar-refractivity contribution < 1.29 is 24.8 Å². The topological polar surface area (TPSA) is 129 Å². The molecule has 0 spiro atoms. The van der Waals surface area contributed by atoms with E-state index in [4.69, 9.17) is 14.6 Å². The zero-order valence-electron chi connectivity index (χ0n) is 11.1. The van der Waals surface area contributed by atoms with Gasteiger partial charge in [0.25, 0.3) is 0 Å². The number of ether oxygens (including phenoxy) is 2. The lowest BCUT2D eigenvalue weighted by atomic mass is 9.97. The number of methoxy groups -OCH3 is 1. The molecule has 5 atom stereocenters. The Morgan fingerprint density at radius 2 is 2.15 bits per heavy atom. The molecular weight excluding hydrogens is 288 g/mol. The van der Waals surface area contributed by atoms with Gasteiger partial charge in [-0.25, -0.2) is 0 Å². The minimum absolute atomic E-state index is 0.409. The van der Waals surface area contributed by atoms with Crippen LogP contribution in [0.3, 0.4) is 0 Å². The highest BCUT2D eigenvalue weighted by Crippen LogP contribution is 2.25. The highest BCUT2D eigenvalue weighted by Gasteiger charge is 2.44. The number of aliphatic hydroxyl groups is 3. The number of nitrogens with one attached hydrogen (secondary N) is 2. The number of aromatic nitrogens is 2. The summed E-state index contributed by atoms with van der Waals surface area (Å²) in [5, 5.41) is 35.3. The summed E-state index contributed by atoms with van der Waals surface area (Å²) in [6, 6.07) is -0.726. The standard InChI is InChI=1S/C10H18N4O5S/c1-11-9-13-10(20-14-9)12-5-7(17)6(16)4(3-15)19-8(5)18-2/h4-8,15-17H,3H2,1-2H3,(H2,11,12,13,14)/t4-,5-,6+,7-,8+/m1/s1. The smallest absolute Gasteiger partial charge is 0.236 e. The first kappa shape index (κ1) is 15.4. The molecule has 0 amide bonds. The van der Waals surface area contributed by atoms with Crippen molar-refractivity contribution in [1.82, 2.24) is 9.36 Å². The summed E-state index contributed by atoms with van der Waals surface area (Å²) in [6.07, 6.45) is -4.11. The Kier molecular flexibility index (Phi) is 5.07. The van der Waals surface area contributed by atoms with Gasteiger partial charge in [0.05, 0.1) is 6.61 Å². The predicted octanol–water partition coefficient (Wildman–Crippen LogP) is -1.55. The molecular formula is C10H18N4O5S. The predicted molar refractivity (Wildman–Crippen MR) is 71.6 cm³/mol. The number of aliphatic hydroxyl groups excluding tert-OH is 3. The van der Waals surface area contributed by atoms with E-state index in [1.54, 1.807) is 7.05 Å². The zero-order valence-corrected chi connectivity index (χ0v) is 11.9. The van der Waals surface area contributed by atoms with Crippen molar-refractivity contribution in [2.75, 3.05) is 31.4 Å². The van der Waals surface area contributed by atoms with Gasteiger partial charge in [-0.05, 0) is 0 Å². The Hall–Kier alpha value is -1.04. The number of anilines is 2. The van der Waals surface area contributed by atoms with Crippen LogP contribution in [-0.2, 0) is 9.47 Å². The SMILES string of the molecule is CNc1nsc(N[C@H]2[C@@H](OC)O[C@H](CO)[C@H](O)[C@@H]2O)n1. The fourth-order valence-corrected chi connectivity index (χ4v) is 2.58. The molecule has 2 rings (SSSR count). The molecule has 0 radical (unpaired) electrons. The molecule has 1 aliphatic rings. The van der Waals surface area contributed by atoms with E-state index in [2.05, 4.69) is 20.0 Å². The van der Waals surface area contributed by atoms with Crippen LogP contribution in [0.15, 0.2) is 0 Å². The molecule has 10 heteroatoms. The molecule has 0 aliphatic carbocycles. The molecule has 0 unspecified atom stereocenters. The summed E-state index contributed by atoms with van der Waals surface area (Å²) in [6.45, 7) is -0.409. The number of rotatable bonds is 5. The summed E-state index contributed by atoms with van der Waals surface area (Å²) < 4.78 is 14.5. The summed E-state index contributed by atoms with van der Waals surface area (Å²) in [5.41, 5.74) is 0. The minimum Gasteiger partial charge on any atom is -0.394 e. The van der Waals surface area contributed by atoms with Gasteiger partial charge in [-0.2, -0.15) is 9.36 Å². The zero-order chi connectivity index (χ0) is 14.7. The average Bonchev–Trinajstić information content (AvgIpc) is 2.92. The molecule has 20 heavy (non-hydrogen) atoms. The third kappa shape index (κ3) is 3.00. The van der Waals surface area contributed by atoms with Gasteiger partial charge in [-0.15, -0.1) is 0 Å². The van der Waals surface area contributed by atoms with Gasteiger partial charge < -0.3 is 35.4 Å². The monoisotopic (exact) mass is 306 g/mol. The third-order valence-corrected chi connectivity index (χ3v) is 3.70. The van der Waals surface area contributed by atoms with E-state index in [-0.39, 0.29) is 0 Å². The first-order valence-electron chi connectivity index (χ1n) is 6.04. The van der Waals surface area contributed by atoms with Crippen LogP contribution in [0.5, 0.6) is 0 Å². The first-order valence-corrected chi connectivity index (χ1v) is 6.81. The van der Waals surface area contributed by atoms with Gasteiger partial charge in [-0.3, -0.25) is 0 Å². The first-order chi connectivity index (χ1) is 9.60. The van der Waals surface area contributed by atoms with E-state index in [0.29, 0.717) is 11.1 Å². The normalized spacial score (nSPS) is 34.0. The van der Waals surface area contributed by atoms with E-state index in [9.17, 15) is 10.2 Å². The Labute approximate surface area is 119 Å². The second-order valence-electron chi connectivity index (χ2n) is 4.29. The van der Waals surface area contributed by atoms with Crippen LogP contribution < -0.4 is 10.6 Å². The average molecular weight is 306 g/mol. The molecule has 1 aromatic heterocycles. The van der Waals surface area contributed by atoms with Gasteiger partial charge in [0.1, 0.15) is 24.4 Å². The lowest BCUT2D eigenvalue weighted by molar-refractivity contribution is -0.254. The van der Waals surface area contributed by atoms with Gasteiger partial charge in [0.2, 0.25) is 11.1 Å². The maximum atomic E-state index is 10.1. The van der Waals surface area contributed by atoms with Crippen molar-refractivity contribution in [2.45, 2.75) is 30.6 Å². The van der Waals surface area contributed by atoms with Crippen molar-refractivity contribution in [3.05, 3.63) is 0 Å². The number of hydrogen-bond donors (Lipinski definition) is 5. The van der Waals surface area contributed by atoms with Crippen molar-refractivity contribution >= 4 is 22.6 Å². The van der Waals surface area contributed by atoms with Gasteiger partial charge in [0, 0.05) is 25.7 Å². The van der Waals surface area contributed by atoms with Crippen molar-refractivity contribution in [3.8, 4) is 0 Å². The minimum atomic E-state index is -1.22. The van der Waals surface area contributed by atoms with Crippen LogP contribution in [-0.4, -0.2) is 76.1 Å². The van der Waals surface area contributed by atoms with E-state index in [0.717, 1.165) is 11.5 Å². The van der Waals surface area contributed by atoms with Gasteiger partial charge in [0.15, 0.2) is 6.29 Å². The Balaban J connectivity index is 2.11. The van der Waals surface area contributed by atoms with E-state index in [1.165, 1.54) is 7.11 Å². The molecule has 1 aromatic rings. The van der Waals surface area contributed by atoms with E-state index in [1.807, 2.05) is 0 Å². The molecule has 1 aliphatic heterocycles. The Morgan fingerprint density at radius 1 is 1.40 bits per heavy atom. The highest BCUT2D eigenvalue weighted by atomic mass is 32.1. The molecule has 0 aromatic carbocycles. The highest BCUT2D eigenvalue weighted by molar-refractivity contribution is 7.09. The Morgan fingerprint density at radius 3 is 2.70 bits per heavy atom.